The number of hydrogen-bond donors (Lipinski definition) is 3. The van der Waals surface area contributed by atoms with Gasteiger partial charge in [-0.15, -0.1) is 0 Å². The second kappa shape index (κ2) is 35.0. The van der Waals surface area contributed by atoms with Gasteiger partial charge in [-0.05, 0) is 55.7 Å². The van der Waals surface area contributed by atoms with E-state index in [2.05, 4.69) is 61.6 Å². The zero-order chi connectivity index (χ0) is 43.4. The molecule has 57 heavy (non-hydrogen) atoms. The summed E-state index contributed by atoms with van der Waals surface area (Å²) in [6.45, 7) is 24.0. The van der Waals surface area contributed by atoms with Crippen LogP contribution in [0.5, 0.6) is 17.2 Å². The quantitative estimate of drug-likeness (QED) is 0.0673. The van der Waals surface area contributed by atoms with Gasteiger partial charge in [-0.3, -0.25) is 0 Å². The highest BCUT2D eigenvalue weighted by Crippen LogP contribution is 2.18. The Balaban J connectivity index is 0. The molecule has 316 valence electrons. The average Bonchev–Trinajstić information content (AvgIpc) is 3.21. The Bertz CT molecular complexity index is 1370. The summed E-state index contributed by atoms with van der Waals surface area (Å²) >= 11 is 0. The van der Waals surface area contributed by atoms with Crippen LogP contribution in [0.3, 0.4) is 0 Å². The summed E-state index contributed by atoms with van der Waals surface area (Å²) in [5.41, 5.74) is 2.97. The molecule has 3 aromatic carbocycles. The Morgan fingerprint density at radius 3 is 0.877 bits per heavy atom. The minimum atomic E-state index is -0.849. The van der Waals surface area contributed by atoms with Gasteiger partial charge < -0.3 is 43.7 Å². The smallest absolute Gasteiger partial charge is 0.330 e. The maximum atomic E-state index is 10.8. The highest BCUT2D eigenvalue weighted by Gasteiger charge is 2.11. The van der Waals surface area contributed by atoms with E-state index >= 15 is 0 Å². The minimum Gasteiger partial charge on any atom is -0.490 e. The molecule has 0 aliphatic rings. The fourth-order valence-corrected chi connectivity index (χ4v) is 3.57. The number of esters is 3. The van der Waals surface area contributed by atoms with E-state index in [4.69, 9.17) is 14.2 Å². The Labute approximate surface area is 339 Å². The van der Waals surface area contributed by atoms with Gasteiger partial charge in [-0.2, -0.15) is 0 Å². The van der Waals surface area contributed by atoms with Crippen molar-refractivity contribution in [2.45, 2.75) is 79.6 Å². The Hall–Kier alpha value is -5.43. The third-order valence-corrected chi connectivity index (χ3v) is 6.33. The monoisotopic (exact) mass is 796 g/mol. The largest absolute Gasteiger partial charge is 0.490 e. The summed E-state index contributed by atoms with van der Waals surface area (Å²) in [6, 6.07) is 22.5. The van der Waals surface area contributed by atoms with Gasteiger partial charge in [0, 0.05) is 18.2 Å². The molecular formula is C45H64O12. The lowest BCUT2D eigenvalue weighted by Gasteiger charge is -2.13. The van der Waals surface area contributed by atoms with Crippen molar-refractivity contribution < 1.29 is 58.1 Å². The molecule has 3 atom stereocenters. The molecular weight excluding hydrogens is 732 g/mol. The number of rotatable bonds is 18. The Morgan fingerprint density at radius 2 is 0.684 bits per heavy atom. The molecule has 0 aliphatic carbocycles. The second-order valence-electron chi connectivity index (χ2n) is 12.1. The van der Waals surface area contributed by atoms with Gasteiger partial charge >= 0.3 is 17.9 Å². The molecule has 0 radical (unpaired) electrons. The molecule has 3 aromatic rings. The lowest BCUT2D eigenvalue weighted by atomic mass is 10.2. The van der Waals surface area contributed by atoms with Gasteiger partial charge in [0.1, 0.15) is 75.2 Å². The molecule has 0 heterocycles. The molecule has 0 aromatic heterocycles. The normalized spacial score (nSPS) is 11.1. The number of hydrogen-bond acceptors (Lipinski definition) is 12. The summed E-state index contributed by atoms with van der Waals surface area (Å²) in [5, 5.41) is 28.5. The van der Waals surface area contributed by atoms with E-state index in [1.807, 2.05) is 93.6 Å². The number of ether oxygens (including phenoxy) is 6. The number of carbonyl (C=O) groups is 3. The molecule has 0 spiro atoms. The molecule has 0 amide bonds. The molecule has 3 N–H and O–H groups in total. The summed E-state index contributed by atoms with van der Waals surface area (Å²) in [5.74, 6) is 0.463. The topological polar surface area (TPSA) is 167 Å². The molecule has 3 rings (SSSR count). The maximum absolute atomic E-state index is 10.8. The lowest BCUT2D eigenvalue weighted by molar-refractivity contribution is -0.142. The van der Waals surface area contributed by atoms with Crippen LogP contribution in [0.25, 0.3) is 0 Å². The van der Waals surface area contributed by atoms with Gasteiger partial charge in [0.05, 0.1) is 0 Å². The highest BCUT2D eigenvalue weighted by molar-refractivity contribution is 5.81. The van der Waals surface area contributed by atoms with E-state index in [0.717, 1.165) is 34.9 Å². The number of aryl methyl sites for hydroxylation is 3. The standard InChI is InChI=1S/3C13H16O4.2C3H8/c3*1-3-13(15)17-9-11(14)8-16-12-7-5-4-6-10(12)2;2*1-3-2/h3*3-7,11,14H,1,8-9H2,2H3;2*3H2,1-2H3. The summed E-state index contributed by atoms with van der Waals surface area (Å²) < 4.78 is 30.2. The predicted octanol–water partition coefficient (Wildman–Crippen LogP) is 7.22. The number of benzene rings is 3. The van der Waals surface area contributed by atoms with E-state index in [9.17, 15) is 29.7 Å². The summed E-state index contributed by atoms with van der Waals surface area (Å²) in [4.78, 5) is 32.3. The van der Waals surface area contributed by atoms with Gasteiger partial charge in [0.15, 0.2) is 0 Å². The van der Waals surface area contributed by atoms with E-state index in [1.165, 1.54) is 12.8 Å². The maximum Gasteiger partial charge on any atom is 0.330 e. The third kappa shape index (κ3) is 29.5. The van der Waals surface area contributed by atoms with Crippen molar-refractivity contribution >= 4 is 17.9 Å². The molecule has 12 heteroatoms. The van der Waals surface area contributed by atoms with E-state index in [-0.39, 0.29) is 39.6 Å². The fraction of sp³-hybridized carbons (Fsp3) is 0.400. The van der Waals surface area contributed by atoms with Gasteiger partial charge in [0.25, 0.3) is 0 Å². The minimum absolute atomic E-state index is 0.0786. The van der Waals surface area contributed by atoms with Gasteiger partial charge in [0.2, 0.25) is 0 Å². The van der Waals surface area contributed by atoms with Crippen LogP contribution in [0.4, 0.5) is 0 Å². The van der Waals surface area contributed by atoms with Crippen LogP contribution >= 0.6 is 0 Å². The van der Waals surface area contributed by atoms with E-state index < -0.39 is 36.2 Å². The first-order valence-corrected chi connectivity index (χ1v) is 18.7. The number of aliphatic hydroxyl groups excluding tert-OH is 3. The summed E-state index contributed by atoms with van der Waals surface area (Å²) in [6.07, 6.45) is 3.11. The first-order valence-electron chi connectivity index (χ1n) is 18.7. The lowest BCUT2D eigenvalue weighted by Crippen LogP contribution is -2.24. The van der Waals surface area contributed by atoms with Crippen molar-refractivity contribution in [2.75, 3.05) is 39.6 Å². The van der Waals surface area contributed by atoms with E-state index in [1.54, 1.807) is 0 Å². The molecule has 0 aliphatic heterocycles. The molecule has 0 fully saturated rings. The van der Waals surface area contributed by atoms with Crippen LogP contribution < -0.4 is 14.2 Å². The van der Waals surface area contributed by atoms with Gasteiger partial charge in [-0.25, -0.2) is 14.4 Å². The van der Waals surface area contributed by atoms with Crippen LogP contribution in [0.1, 0.15) is 57.2 Å². The third-order valence-electron chi connectivity index (χ3n) is 6.33. The number of carbonyl (C=O) groups excluding carboxylic acids is 3. The van der Waals surface area contributed by atoms with Crippen molar-refractivity contribution in [3.05, 3.63) is 127 Å². The first kappa shape index (κ1) is 53.7. The van der Waals surface area contributed by atoms with Crippen LogP contribution in [-0.2, 0) is 28.6 Å². The average molecular weight is 797 g/mol. The predicted molar refractivity (Wildman–Crippen MR) is 223 cm³/mol. The summed E-state index contributed by atoms with van der Waals surface area (Å²) in [7, 11) is 0. The van der Waals surface area contributed by atoms with Crippen LogP contribution in [0.15, 0.2) is 111 Å². The first-order chi connectivity index (χ1) is 27.2. The SMILES string of the molecule is C=CC(=O)OCC(O)COc1ccccc1C.C=CC(=O)OCC(O)COc1ccccc1C.C=CC(=O)OCC(O)COc1ccccc1C.CCC.CCC. The Morgan fingerprint density at radius 1 is 0.474 bits per heavy atom. The van der Waals surface area contributed by atoms with Crippen molar-refractivity contribution in [1.29, 1.82) is 0 Å². The fourth-order valence-electron chi connectivity index (χ4n) is 3.57. The van der Waals surface area contributed by atoms with Crippen molar-refractivity contribution in [1.82, 2.24) is 0 Å². The van der Waals surface area contributed by atoms with Crippen LogP contribution in [-0.4, -0.2) is 91.2 Å². The molecule has 3 unspecified atom stereocenters. The molecule has 0 bridgehead atoms. The second-order valence-corrected chi connectivity index (χ2v) is 12.1. The molecule has 0 saturated carbocycles. The van der Waals surface area contributed by atoms with E-state index in [0.29, 0.717) is 17.2 Å². The van der Waals surface area contributed by atoms with Crippen molar-refractivity contribution in [2.24, 2.45) is 0 Å². The van der Waals surface area contributed by atoms with Crippen LogP contribution in [0, 0.1) is 20.8 Å². The zero-order valence-electron chi connectivity index (χ0n) is 34.7. The van der Waals surface area contributed by atoms with Crippen molar-refractivity contribution in [3.8, 4) is 17.2 Å². The molecule has 0 saturated heterocycles. The van der Waals surface area contributed by atoms with Gasteiger partial charge in [-0.1, -0.05) is 115 Å². The number of para-hydroxylation sites is 3. The zero-order valence-corrected chi connectivity index (χ0v) is 34.7. The Kier molecular flexibility index (Phi) is 33.0. The number of aliphatic hydroxyl groups is 3. The molecule has 12 nitrogen and oxygen atoms in total. The highest BCUT2D eigenvalue weighted by atomic mass is 16.6. The van der Waals surface area contributed by atoms with Crippen molar-refractivity contribution in [3.63, 3.8) is 0 Å². The van der Waals surface area contributed by atoms with Crippen LogP contribution in [0.2, 0.25) is 0 Å².